The van der Waals surface area contributed by atoms with Gasteiger partial charge in [-0.15, -0.1) is 0 Å². The molecule has 0 radical (unpaired) electrons. The van der Waals surface area contributed by atoms with E-state index in [1.165, 1.54) is 24.3 Å². The van der Waals surface area contributed by atoms with Crippen LogP contribution >= 0.6 is 0 Å². The summed E-state index contributed by atoms with van der Waals surface area (Å²) in [5.74, 6) is -0.0291. The van der Waals surface area contributed by atoms with E-state index in [4.69, 9.17) is 9.97 Å². The molecule has 0 unspecified atom stereocenters. The summed E-state index contributed by atoms with van der Waals surface area (Å²) >= 11 is 0. The first-order valence-electron chi connectivity index (χ1n) is 15.8. The number of benzene rings is 6. The largest absolute Gasteiger partial charge is 0.294 e. The molecule has 6 heteroatoms. The number of rotatable bonds is 3. The van der Waals surface area contributed by atoms with Gasteiger partial charge in [0.25, 0.3) is 0 Å². The Hall–Kier alpha value is -6.40. The van der Waals surface area contributed by atoms with Crippen molar-refractivity contribution in [2.75, 3.05) is 0 Å². The molecular weight excluding hydrogens is 598 g/mol. The average Bonchev–Trinajstić information content (AvgIpc) is 3.67. The normalized spacial score (nSPS) is 12.0. The van der Waals surface area contributed by atoms with E-state index in [1.54, 1.807) is 12.1 Å². The molecule has 0 aliphatic carbocycles. The molecule has 0 saturated heterocycles. The predicted octanol–water partition coefficient (Wildman–Crippen LogP) is 10.9. The van der Waals surface area contributed by atoms with E-state index < -0.39 is 0 Å². The Balaban J connectivity index is 1.37. The molecule has 0 saturated carbocycles. The van der Waals surface area contributed by atoms with Crippen LogP contribution in [-0.2, 0) is 0 Å². The third kappa shape index (κ3) is 3.93. The molecule has 0 bridgehead atoms. The third-order valence-electron chi connectivity index (χ3n) is 9.37. The van der Waals surface area contributed by atoms with E-state index in [-0.39, 0.29) is 11.6 Å². The molecule has 0 atom stereocenters. The highest BCUT2D eigenvalue weighted by atomic mass is 19.1. The monoisotopic (exact) mass is 622 g/mol. The van der Waals surface area contributed by atoms with Crippen molar-refractivity contribution in [1.29, 1.82) is 0 Å². The van der Waals surface area contributed by atoms with E-state index in [2.05, 4.69) is 69.6 Å². The maximum absolute atomic E-state index is 14.5. The maximum atomic E-state index is 14.5. The van der Waals surface area contributed by atoms with Gasteiger partial charge in [0, 0.05) is 27.1 Å². The molecule has 226 valence electrons. The van der Waals surface area contributed by atoms with E-state index in [1.807, 2.05) is 48.5 Å². The van der Waals surface area contributed by atoms with Crippen LogP contribution in [0.1, 0.15) is 0 Å². The second-order valence-electron chi connectivity index (χ2n) is 12.2. The number of aromatic nitrogens is 4. The molecule has 6 aromatic carbocycles. The van der Waals surface area contributed by atoms with Crippen molar-refractivity contribution in [2.24, 2.45) is 0 Å². The quantitative estimate of drug-likeness (QED) is 0.184. The average molecular weight is 623 g/mol. The summed E-state index contributed by atoms with van der Waals surface area (Å²) in [7, 11) is 0. The molecular formula is C42H24F2N4. The summed E-state index contributed by atoms with van der Waals surface area (Å²) in [6.45, 7) is 0. The zero-order valence-corrected chi connectivity index (χ0v) is 25.4. The molecule has 0 amide bonds. The van der Waals surface area contributed by atoms with Crippen LogP contribution < -0.4 is 0 Å². The van der Waals surface area contributed by atoms with Gasteiger partial charge >= 0.3 is 0 Å². The summed E-state index contributed by atoms with van der Waals surface area (Å²) in [6, 6.07) is 46.3. The molecule has 0 fully saturated rings. The van der Waals surface area contributed by atoms with Gasteiger partial charge in [0.05, 0.1) is 33.3 Å². The first-order valence-corrected chi connectivity index (χ1v) is 15.8. The number of nitrogens with zero attached hydrogens (tertiary/aromatic N) is 4. The van der Waals surface area contributed by atoms with E-state index in [0.29, 0.717) is 22.6 Å². The van der Waals surface area contributed by atoms with E-state index in [9.17, 15) is 8.78 Å². The lowest BCUT2D eigenvalue weighted by Gasteiger charge is -2.14. The maximum Gasteiger partial charge on any atom is 0.146 e. The SMILES string of the molecule is Fc1cccc(-c2cc(-c3cccc(F)c3)nc(-n3c4ccccc4c4cc5c6ccccc6c6nc7ccccc7n6c5cc43)c2)c1. The van der Waals surface area contributed by atoms with Crippen LogP contribution in [0.4, 0.5) is 8.78 Å². The van der Waals surface area contributed by atoms with Gasteiger partial charge < -0.3 is 0 Å². The zero-order valence-electron chi connectivity index (χ0n) is 25.4. The number of fused-ring (bicyclic) bond motifs is 11. The van der Waals surface area contributed by atoms with Crippen LogP contribution in [0.5, 0.6) is 0 Å². The third-order valence-corrected chi connectivity index (χ3v) is 9.37. The summed E-state index contributed by atoms with van der Waals surface area (Å²) in [5, 5.41) is 5.51. The Morgan fingerprint density at radius 3 is 1.90 bits per heavy atom. The van der Waals surface area contributed by atoms with Crippen molar-refractivity contribution in [3.8, 4) is 28.2 Å². The van der Waals surface area contributed by atoms with E-state index in [0.717, 1.165) is 65.7 Å². The number of pyridine rings is 2. The second-order valence-corrected chi connectivity index (χ2v) is 12.2. The van der Waals surface area contributed by atoms with Crippen molar-refractivity contribution in [3.05, 3.63) is 157 Å². The number of halogens is 2. The summed E-state index contributed by atoms with van der Waals surface area (Å²) in [4.78, 5) is 10.2. The fourth-order valence-electron chi connectivity index (χ4n) is 7.28. The first-order chi connectivity index (χ1) is 23.6. The Morgan fingerprint density at radius 1 is 0.417 bits per heavy atom. The van der Waals surface area contributed by atoms with Gasteiger partial charge in [0.1, 0.15) is 23.1 Å². The first kappa shape index (κ1) is 26.8. The summed E-state index contributed by atoms with van der Waals surface area (Å²) < 4.78 is 33.4. The predicted molar refractivity (Wildman–Crippen MR) is 191 cm³/mol. The highest BCUT2D eigenvalue weighted by molar-refractivity contribution is 6.20. The number of hydrogen-bond donors (Lipinski definition) is 0. The highest BCUT2D eigenvalue weighted by Crippen LogP contribution is 2.40. The van der Waals surface area contributed by atoms with Crippen LogP contribution in [0.3, 0.4) is 0 Å². The van der Waals surface area contributed by atoms with Crippen molar-refractivity contribution >= 4 is 60.2 Å². The van der Waals surface area contributed by atoms with Crippen LogP contribution in [0.15, 0.2) is 146 Å². The lowest BCUT2D eigenvalue weighted by molar-refractivity contribution is 0.628. The number of para-hydroxylation sites is 3. The van der Waals surface area contributed by atoms with Gasteiger partial charge in [-0.1, -0.05) is 78.9 Å². The topological polar surface area (TPSA) is 35.1 Å². The molecule has 0 spiro atoms. The summed E-state index contributed by atoms with van der Waals surface area (Å²) in [5.41, 5.74) is 8.55. The van der Waals surface area contributed by atoms with Gasteiger partial charge in [-0.3, -0.25) is 8.97 Å². The lowest BCUT2D eigenvalue weighted by Crippen LogP contribution is -2.01. The van der Waals surface area contributed by atoms with Crippen LogP contribution in [0.2, 0.25) is 0 Å². The minimum absolute atomic E-state index is 0.328. The fourth-order valence-corrected chi connectivity index (χ4v) is 7.28. The van der Waals surface area contributed by atoms with Crippen molar-refractivity contribution in [2.45, 2.75) is 0 Å². The van der Waals surface area contributed by atoms with Crippen molar-refractivity contribution < 1.29 is 8.78 Å². The number of hydrogen-bond acceptors (Lipinski definition) is 2. The highest BCUT2D eigenvalue weighted by Gasteiger charge is 2.20. The standard InChI is InChI=1S/C42H24F2N4/c43-28-11-7-9-25(19-28)27-21-36(26-10-8-12-29(44)20-26)45-41(22-27)47-37-17-5-3-14-31(37)34-23-33-30-13-1-2-15-32(30)42-46-35-16-4-6-18-38(35)48(42)40(33)24-39(34)47/h1-24H. The molecule has 0 aliphatic rings. The Kier molecular flexibility index (Phi) is 5.61. The minimum Gasteiger partial charge on any atom is -0.294 e. The van der Waals surface area contributed by atoms with Crippen molar-refractivity contribution in [1.82, 2.24) is 18.9 Å². The number of imidazole rings is 1. The van der Waals surface area contributed by atoms with Gasteiger partial charge in [-0.25, -0.2) is 18.7 Å². The Labute approximate surface area is 272 Å². The van der Waals surface area contributed by atoms with Gasteiger partial charge in [-0.2, -0.15) is 0 Å². The molecule has 4 aromatic heterocycles. The lowest BCUT2D eigenvalue weighted by atomic mass is 10.0. The molecule has 10 rings (SSSR count). The van der Waals surface area contributed by atoms with Gasteiger partial charge in [0.2, 0.25) is 0 Å². The van der Waals surface area contributed by atoms with Crippen LogP contribution in [-0.4, -0.2) is 18.9 Å². The summed E-state index contributed by atoms with van der Waals surface area (Å²) in [6.07, 6.45) is 0. The molecule has 48 heavy (non-hydrogen) atoms. The van der Waals surface area contributed by atoms with Crippen LogP contribution in [0.25, 0.3) is 88.4 Å². The smallest absolute Gasteiger partial charge is 0.146 e. The van der Waals surface area contributed by atoms with Gasteiger partial charge in [-0.05, 0) is 83.2 Å². The van der Waals surface area contributed by atoms with Crippen LogP contribution in [0, 0.1) is 11.6 Å². The molecule has 0 N–H and O–H groups in total. The minimum atomic E-state index is -0.348. The second kappa shape index (κ2) is 10.0. The molecule has 0 aliphatic heterocycles. The van der Waals surface area contributed by atoms with Gasteiger partial charge in [0.15, 0.2) is 0 Å². The fraction of sp³-hybridized carbons (Fsp3) is 0. The molecule has 4 heterocycles. The Morgan fingerprint density at radius 2 is 1.08 bits per heavy atom. The Bertz CT molecular complexity index is 2870. The molecule has 4 nitrogen and oxygen atoms in total. The van der Waals surface area contributed by atoms with Crippen molar-refractivity contribution in [3.63, 3.8) is 0 Å². The van der Waals surface area contributed by atoms with E-state index >= 15 is 0 Å². The zero-order chi connectivity index (χ0) is 31.9. The molecule has 10 aromatic rings.